The molecule has 2 saturated heterocycles. The number of nitrogens with two attached hydrogens (primary N) is 1. The molecule has 92 valence electrons. The van der Waals surface area contributed by atoms with Crippen molar-refractivity contribution in [1.29, 1.82) is 0 Å². The number of carbonyl (C=O) groups is 1. The molecule has 1 amide bonds. The Morgan fingerprint density at radius 1 is 1.44 bits per heavy atom. The highest BCUT2D eigenvalue weighted by atomic mass is 16.1. The first-order valence-electron chi connectivity index (χ1n) is 6.45. The number of fused-ring (bicyclic) bond motifs is 1. The van der Waals surface area contributed by atoms with E-state index in [9.17, 15) is 4.79 Å². The predicted octanol–water partition coefficient (Wildman–Crippen LogP) is 0.324. The number of piperidine rings is 1. The first-order chi connectivity index (χ1) is 7.68. The highest BCUT2D eigenvalue weighted by Gasteiger charge is 2.35. The zero-order chi connectivity index (χ0) is 11.5. The zero-order valence-electron chi connectivity index (χ0n) is 10.1. The van der Waals surface area contributed by atoms with Crippen LogP contribution in [0.1, 0.15) is 32.6 Å². The van der Waals surface area contributed by atoms with Crippen LogP contribution in [0, 0.1) is 5.92 Å². The highest BCUT2D eigenvalue weighted by Crippen LogP contribution is 2.27. The second-order valence-corrected chi connectivity index (χ2v) is 5.21. The average Bonchev–Trinajstić information content (AvgIpc) is 2.69. The Labute approximate surface area is 97.6 Å². The van der Waals surface area contributed by atoms with E-state index in [0.29, 0.717) is 12.1 Å². The summed E-state index contributed by atoms with van der Waals surface area (Å²) in [5.74, 6) is -0.261. The first kappa shape index (κ1) is 11.9. The number of hydrogen-bond donors (Lipinski definition) is 2. The fourth-order valence-electron chi connectivity index (χ4n) is 2.91. The molecule has 0 aliphatic carbocycles. The van der Waals surface area contributed by atoms with Crippen LogP contribution in [0.4, 0.5) is 0 Å². The van der Waals surface area contributed by atoms with Crippen molar-refractivity contribution in [2.24, 2.45) is 11.7 Å². The lowest BCUT2D eigenvalue weighted by Gasteiger charge is -2.33. The molecule has 2 fully saturated rings. The summed E-state index contributed by atoms with van der Waals surface area (Å²) in [6.07, 6.45) is 5.23. The van der Waals surface area contributed by atoms with Gasteiger partial charge in [0.1, 0.15) is 0 Å². The molecular formula is C12H23N3O. The van der Waals surface area contributed by atoms with Gasteiger partial charge in [-0.15, -0.1) is 0 Å². The van der Waals surface area contributed by atoms with Crippen LogP contribution in [0.25, 0.3) is 0 Å². The molecule has 0 bridgehead atoms. The van der Waals surface area contributed by atoms with Gasteiger partial charge in [-0.3, -0.25) is 9.69 Å². The molecule has 3 unspecified atom stereocenters. The minimum absolute atomic E-state index is 0.0577. The summed E-state index contributed by atoms with van der Waals surface area (Å²) in [6, 6.07) is 1.27. The van der Waals surface area contributed by atoms with E-state index in [2.05, 4.69) is 10.2 Å². The van der Waals surface area contributed by atoms with E-state index in [0.717, 1.165) is 6.54 Å². The van der Waals surface area contributed by atoms with Gasteiger partial charge in [0.15, 0.2) is 0 Å². The molecule has 0 aromatic heterocycles. The fourth-order valence-corrected chi connectivity index (χ4v) is 2.91. The molecule has 0 radical (unpaired) electrons. The van der Waals surface area contributed by atoms with E-state index < -0.39 is 0 Å². The van der Waals surface area contributed by atoms with E-state index in [1.807, 2.05) is 6.92 Å². The molecule has 2 heterocycles. The van der Waals surface area contributed by atoms with Gasteiger partial charge in [-0.2, -0.15) is 0 Å². The van der Waals surface area contributed by atoms with Crippen LogP contribution in [-0.2, 0) is 4.79 Å². The summed E-state index contributed by atoms with van der Waals surface area (Å²) in [4.78, 5) is 13.6. The Morgan fingerprint density at radius 2 is 2.25 bits per heavy atom. The summed E-state index contributed by atoms with van der Waals surface area (Å²) < 4.78 is 0. The number of amides is 1. The molecule has 3 N–H and O–H groups in total. The van der Waals surface area contributed by atoms with Gasteiger partial charge < -0.3 is 11.1 Å². The third kappa shape index (κ3) is 2.55. The van der Waals surface area contributed by atoms with Crippen LogP contribution in [0.5, 0.6) is 0 Å². The second-order valence-electron chi connectivity index (χ2n) is 5.21. The Morgan fingerprint density at radius 3 is 3.00 bits per heavy atom. The molecule has 2 rings (SSSR count). The molecule has 4 heteroatoms. The lowest BCUT2D eigenvalue weighted by Crippen LogP contribution is -2.46. The summed E-state index contributed by atoms with van der Waals surface area (Å²) in [7, 11) is 0. The maximum absolute atomic E-state index is 11.0. The normalized spacial score (nSPS) is 32.3. The van der Waals surface area contributed by atoms with Crippen molar-refractivity contribution in [2.75, 3.05) is 19.6 Å². The van der Waals surface area contributed by atoms with Crippen molar-refractivity contribution in [3.05, 3.63) is 0 Å². The number of nitrogens with one attached hydrogen (secondary N) is 1. The molecule has 0 saturated carbocycles. The van der Waals surface area contributed by atoms with Crippen molar-refractivity contribution in [3.8, 4) is 0 Å². The van der Waals surface area contributed by atoms with E-state index in [-0.39, 0.29) is 11.8 Å². The SMILES string of the molecule is CC(CNC1CCN2CCCCC12)C(N)=O. The van der Waals surface area contributed by atoms with Gasteiger partial charge >= 0.3 is 0 Å². The highest BCUT2D eigenvalue weighted by molar-refractivity contribution is 5.76. The quantitative estimate of drug-likeness (QED) is 0.724. The number of rotatable bonds is 4. The van der Waals surface area contributed by atoms with Gasteiger partial charge in [-0.1, -0.05) is 13.3 Å². The molecular weight excluding hydrogens is 202 g/mol. The molecule has 0 aromatic carbocycles. The largest absolute Gasteiger partial charge is 0.369 e. The summed E-state index contributed by atoms with van der Waals surface area (Å²) in [5.41, 5.74) is 5.26. The van der Waals surface area contributed by atoms with Gasteiger partial charge in [0.05, 0.1) is 0 Å². The average molecular weight is 225 g/mol. The number of hydrogen-bond acceptors (Lipinski definition) is 3. The Kier molecular flexibility index (Phi) is 3.82. The summed E-state index contributed by atoms with van der Waals surface area (Å²) >= 11 is 0. The van der Waals surface area contributed by atoms with Crippen molar-refractivity contribution in [2.45, 2.75) is 44.7 Å². The number of nitrogens with zero attached hydrogens (tertiary/aromatic N) is 1. The predicted molar refractivity (Wildman–Crippen MR) is 64.0 cm³/mol. The monoisotopic (exact) mass is 225 g/mol. The standard InChI is InChI=1S/C12H23N3O/c1-9(12(13)16)8-14-10-5-7-15-6-3-2-4-11(10)15/h9-11,14H,2-8H2,1H3,(H2,13,16). The van der Waals surface area contributed by atoms with Crippen LogP contribution in [0.15, 0.2) is 0 Å². The van der Waals surface area contributed by atoms with Gasteiger partial charge in [0, 0.05) is 31.1 Å². The van der Waals surface area contributed by atoms with E-state index >= 15 is 0 Å². The number of primary amides is 1. The van der Waals surface area contributed by atoms with Crippen molar-refractivity contribution < 1.29 is 4.79 Å². The minimum Gasteiger partial charge on any atom is -0.369 e. The fraction of sp³-hybridized carbons (Fsp3) is 0.917. The van der Waals surface area contributed by atoms with Crippen LogP contribution < -0.4 is 11.1 Å². The van der Waals surface area contributed by atoms with Crippen molar-refractivity contribution >= 4 is 5.91 Å². The molecule has 16 heavy (non-hydrogen) atoms. The Hall–Kier alpha value is -0.610. The van der Waals surface area contributed by atoms with Gasteiger partial charge in [-0.25, -0.2) is 0 Å². The topological polar surface area (TPSA) is 58.4 Å². The molecule has 0 spiro atoms. The smallest absolute Gasteiger partial charge is 0.221 e. The zero-order valence-corrected chi connectivity index (χ0v) is 10.1. The van der Waals surface area contributed by atoms with Gasteiger partial charge in [0.2, 0.25) is 5.91 Å². The summed E-state index contributed by atoms with van der Waals surface area (Å²) in [6.45, 7) is 5.09. The lowest BCUT2D eigenvalue weighted by atomic mass is 9.98. The molecule has 4 nitrogen and oxygen atoms in total. The third-order valence-electron chi connectivity index (χ3n) is 4.03. The Bertz CT molecular complexity index is 257. The van der Waals surface area contributed by atoms with Gasteiger partial charge in [-0.05, 0) is 25.8 Å². The maximum atomic E-state index is 11.0. The molecule has 3 atom stereocenters. The summed E-state index contributed by atoms with van der Waals surface area (Å²) in [5, 5.41) is 3.52. The van der Waals surface area contributed by atoms with E-state index in [1.165, 1.54) is 38.8 Å². The second kappa shape index (κ2) is 5.15. The van der Waals surface area contributed by atoms with Crippen LogP contribution in [-0.4, -0.2) is 42.5 Å². The van der Waals surface area contributed by atoms with Crippen LogP contribution in [0.3, 0.4) is 0 Å². The molecule has 2 aliphatic rings. The van der Waals surface area contributed by atoms with Crippen molar-refractivity contribution in [3.63, 3.8) is 0 Å². The molecule has 2 aliphatic heterocycles. The Balaban J connectivity index is 1.79. The first-order valence-corrected chi connectivity index (χ1v) is 6.45. The molecule has 0 aromatic rings. The lowest BCUT2D eigenvalue weighted by molar-refractivity contribution is -0.121. The van der Waals surface area contributed by atoms with Crippen LogP contribution >= 0.6 is 0 Å². The third-order valence-corrected chi connectivity index (χ3v) is 4.03. The maximum Gasteiger partial charge on any atom is 0.221 e. The van der Waals surface area contributed by atoms with E-state index in [1.54, 1.807) is 0 Å². The van der Waals surface area contributed by atoms with Crippen molar-refractivity contribution in [1.82, 2.24) is 10.2 Å². The van der Waals surface area contributed by atoms with E-state index in [4.69, 9.17) is 5.73 Å². The number of carbonyl (C=O) groups excluding carboxylic acids is 1. The minimum atomic E-state index is -0.203. The van der Waals surface area contributed by atoms with Crippen LogP contribution in [0.2, 0.25) is 0 Å². The van der Waals surface area contributed by atoms with Gasteiger partial charge in [0.25, 0.3) is 0 Å².